The first-order valence-corrected chi connectivity index (χ1v) is 11.6. The molecule has 2 aliphatic heterocycles. The van der Waals surface area contributed by atoms with Crippen molar-refractivity contribution in [2.75, 3.05) is 16.8 Å². The summed E-state index contributed by atoms with van der Waals surface area (Å²) in [6, 6.07) is 11.5. The highest BCUT2D eigenvalue weighted by atomic mass is 35.5. The largest absolute Gasteiger partial charge is 0.423 e. The topological polar surface area (TPSA) is 105 Å². The number of nitriles is 1. The van der Waals surface area contributed by atoms with Gasteiger partial charge >= 0.3 is 12.2 Å². The Hall–Kier alpha value is -4.14. The van der Waals surface area contributed by atoms with Crippen molar-refractivity contribution in [1.82, 2.24) is 5.32 Å². The van der Waals surface area contributed by atoms with E-state index in [0.29, 0.717) is 5.56 Å². The maximum absolute atomic E-state index is 14.1. The van der Waals surface area contributed by atoms with Crippen LogP contribution in [-0.4, -0.2) is 29.8 Å². The zero-order valence-corrected chi connectivity index (χ0v) is 20.0. The quantitative estimate of drug-likeness (QED) is 0.395. The minimum atomic E-state index is -5.07. The zero-order valence-electron chi connectivity index (χ0n) is 19.2. The Morgan fingerprint density at radius 3 is 2.68 bits per heavy atom. The Labute approximate surface area is 218 Å². The molecule has 0 radical (unpaired) electrons. The highest BCUT2D eigenvalue weighted by Gasteiger charge is 2.61. The van der Waals surface area contributed by atoms with Crippen molar-refractivity contribution in [3.63, 3.8) is 0 Å². The van der Waals surface area contributed by atoms with E-state index in [2.05, 4.69) is 10.6 Å². The molecule has 0 saturated heterocycles. The molecule has 3 aromatic carbocycles. The maximum Gasteiger partial charge on any atom is 0.423 e. The van der Waals surface area contributed by atoms with Crippen molar-refractivity contribution in [1.29, 1.82) is 5.26 Å². The molecule has 2 atom stereocenters. The Bertz CT molecular complexity index is 1540. The minimum absolute atomic E-state index is 0.0151. The number of amides is 3. The Morgan fingerprint density at radius 1 is 1.24 bits per heavy atom. The molecule has 0 aliphatic carbocycles. The van der Waals surface area contributed by atoms with E-state index in [0.717, 1.165) is 23.1 Å². The summed E-state index contributed by atoms with van der Waals surface area (Å²) >= 11 is 6.27. The number of rotatable bonds is 3. The van der Waals surface area contributed by atoms with Crippen LogP contribution in [0, 0.1) is 17.1 Å². The molecule has 3 aromatic rings. The molecule has 3 N–H and O–H groups in total. The number of hydrogen-bond donors (Lipinski definition) is 3. The smallest absolute Gasteiger partial charge is 0.375 e. The van der Waals surface area contributed by atoms with Crippen LogP contribution in [0.25, 0.3) is 0 Å². The number of urea groups is 1. The van der Waals surface area contributed by atoms with Gasteiger partial charge in [-0.05, 0) is 42.0 Å². The van der Waals surface area contributed by atoms with Gasteiger partial charge in [-0.25, -0.2) is 9.18 Å². The highest BCUT2D eigenvalue weighted by Crippen LogP contribution is 2.49. The molecule has 7 nitrogen and oxygen atoms in total. The molecule has 0 saturated carbocycles. The second-order valence-electron chi connectivity index (χ2n) is 8.90. The van der Waals surface area contributed by atoms with E-state index in [4.69, 9.17) is 11.6 Å². The molecule has 0 spiro atoms. The molecule has 0 aromatic heterocycles. The van der Waals surface area contributed by atoms with Crippen LogP contribution in [0.3, 0.4) is 0 Å². The van der Waals surface area contributed by atoms with Crippen LogP contribution in [0.1, 0.15) is 38.7 Å². The minimum Gasteiger partial charge on any atom is -0.375 e. The van der Waals surface area contributed by atoms with Gasteiger partial charge in [-0.2, -0.15) is 18.4 Å². The van der Waals surface area contributed by atoms with Crippen molar-refractivity contribution in [2.24, 2.45) is 0 Å². The summed E-state index contributed by atoms with van der Waals surface area (Å²) in [7, 11) is 0. The lowest BCUT2D eigenvalue weighted by molar-refractivity contribution is -0.258. The van der Waals surface area contributed by atoms with Crippen molar-refractivity contribution < 1.29 is 32.3 Å². The van der Waals surface area contributed by atoms with Gasteiger partial charge in [0, 0.05) is 33.0 Å². The second-order valence-corrected chi connectivity index (χ2v) is 9.31. The summed E-state index contributed by atoms with van der Waals surface area (Å²) in [5.74, 6) is -1.20. The molecule has 0 unspecified atom stereocenters. The number of nitrogens with zero attached hydrogens (tertiary/aromatic N) is 2. The Morgan fingerprint density at radius 2 is 1.97 bits per heavy atom. The predicted molar refractivity (Wildman–Crippen MR) is 129 cm³/mol. The number of carbonyl (C=O) groups excluding carboxylic acids is 2. The molecule has 194 valence electrons. The van der Waals surface area contributed by atoms with Crippen molar-refractivity contribution in [3.8, 4) is 6.07 Å². The number of hydrogen-bond acceptors (Lipinski definition) is 4. The number of nitrogens with one attached hydrogen (secondary N) is 2. The first-order valence-electron chi connectivity index (χ1n) is 11.2. The Kier molecular flexibility index (Phi) is 6.04. The molecule has 5 rings (SSSR count). The summed E-state index contributed by atoms with van der Waals surface area (Å²) in [4.78, 5) is 27.0. The average molecular weight is 545 g/mol. The van der Waals surface area contributed by atoms with E-state index >= 15 is 0 Å². The normalized spacial score (nSPS) is 20.0. The van der Waals surface area contributed by atoms with Crippen LogP contribution in [0.4, 0.5) is 33.7 Å². The average Bonchev–Trinajstić information content (AvgIpc) is 3.36. The molecular weight excluding hydrogens is 528 g/mol. The van der Waals surface area contributed by atoms with Crippen molar-refractivity contribution in [2.45, 2.75) is 24.2 Å². The van der Waals surface area contributed by atoms with Crippen LogP contribution in [0.15, 0.2) is 54.6 Å². The maximum atomic E-state index is 14.1. The van der Waals surface area contributed by atoms with Crippen molar-refractivity contribution >= 4 is 34.9 Å². The number of benzene rings is 3. The second kappa shape index (κ2) is 9.01. The number of carbonyl (C=O) groups is 2. The fourth-order valence-electron chi connectivity index (χ4n) is 4.82. The summed E-state index contributed by atoms with van der Waals surface area (Å²) in [5.41, 5.74) is -3.05. The SMILES string of the molecule is N#CCc1cc(NC(=O)N2C[C@@](O)(C(F)(F)F)c3ccccc32)c2c(c1)C(=O)N[C@H]2c1cc(F)ccc1Cl. The third-order valence-corrected chi connectivity index (χ3v) is 6.93. The summed E-state index contributed by atoms with van der Waals surface area (Å²) in [5, 5.41) is 25.1. The molecule has 3 amide bonds. The van der Waals surface area contributed by atoms with Crippen LogP contribution in [0.5, 0.6) is 0 Å². The molecule has 38 heavy (non-hydrogen) atoms. The Balaban J connectivity index is 1.59. The van der Waals surface area contributed by atoms with Crippen LogP contribution >= 0.6 is 11.6 Å². The number of fused-ring (bicyclic) bond motifs is 2. The van der Waals surface area contributed by atoms with E-state index in [9.17, 15) is 37.5 Å². The van der Waals surface area contributed by atoms with Gasteiger partial charge in [0.1, 0.15) is 5.82 Å². The lowest BCUT2D eigenvalue weighted by Crippen LogP contribution is -2.48. The molecule has 0 fully saturated rings. The van der Waals surface area contributed by atoms with Gasteiger partial charge < -0.3 is 15.7 Å². The van der Waals surface area contributed by atoms with Gasteiger partial charge in [0.2, 0.25) is 5.60 Å². The van der Waals surface area contributed by atoms with Gasteiger partial charge in [-0.1, -0.05) is 29.8 Å². The number of halogens is 5. The fraction of sp³-hybridized carbons (Fsp3) is 0.192. The van der Waals surface area contributed by atoms with E-state index in [-0.39, 0.29) is 39.5 Å². The van der Waals surface area contributed by atoms with E-state index in [1.54, 1.807) is 0 Å². The van der Waals surface area contributed by atoms with Crippen molar-refractivity contribution in [3.05, 3.63) is 93.3 Å². The summed E-state index contributed by atoms with van der Waals surface area (Å²) < 4.78 is 55.6. The molecule has 0 bridgehead atoms. The number of aliphatic hydroxyl groups is 1. The van der Waals surface area contributed by atoms with Gasteiger partial charge in [0.15, 0.2) is 0 Å². The van der Waals surface area contributed by atoms with Gasteiger partial charge in [0.05, 0.1) is 30.8 Å². The first-order chi connectivity index (χ1) is 17.9. The first kappa shape index (κ1) is 25.5. The van der Waals surface area contributed by atoms with E-state index < -0.39 is 47.7 Å². The van der Waals surface area contributed by atoms with Crippen LogP contribution in [0.2, 0.25) is 5.02 Å². The van der Waals surface area contributed by atoms with Gasteiger partial charge in [-0.15, -0.1) is 0 Å². The lowest BCUT2D eigenvalue weighted by atomic mass is 9.94. The number of β-amino-alcohol motifs (C(OH)–C–C–N with tert-alkyl or cyclic N) is 1. The third kappa shape index (κ3) is 4.02. The molecule has 2 heterocycles. The van der Waals surface area contributed by atoms with Gasteiger partial charge in [0.25, 0.3) is 5.91 Å². The number of alkyl halides is 3. The highest BCUT2D eigenvalue weighted by molar-refractivity contribution is 6.31. The van der Waals surface area contributed by atoms with E-state index in [1.165, 1.54) is 36.4 Å². The zero-order chi connectivity index (χ0) is 27.4. The summed E-state index contributed by atoms with van der Waals surface area (Å²) in [6.45, 7) is -1.10. The number of anilines is 2. The van der Waals surface area contributed by atoms with Gasteiger partial charge in [-0.3, -0.25) is 9.69 Å². The molecule has 2 aliphatic rings. The monoisotopic (exact) mass is 544 g/mol. The molecular formula is C26H17ClF4N4O3. The molecule has 12 heteroatoms. The van der Waals surface area contributed by atoms with Crippen LogP contribution in [-0.2, 0) is 12.0 Å². The predicted octanol–water partition coefficient (Wildman–Crippen LogP) is 5.18. The third-order valence-electron chi connectivity index (χ3n) is 6.58. The fourth-order valence-corrected chi connectivity index (χ4v) is 5.05. The number of para-hydroxylation sites is 1. The van der Waals surface area contributed by atoms with E-state index in [1.807, 2.05) is 6.07 Å². The summed E-state index contributed by atoms with van der Waals surface area (Å²) in [6.07, 6.45) is -5.20. The van der Waals surface area contributed by atoms with Crippen LogP contribution < -0.4 is 15.5 Å². The standard InChI is InChI=1S/C26H17ClF4N4O3/c27-18-6-5-14(28)11-15(18)22-21-16(23(36)34-22)9-13(7-8-32)10-19(21)33-24(37)35-12-25(38,26(29,30)31)17-3-1-2-4-20(17)35/h1-6,9-11,22,38H,7,12H2,(H,33,37)(H,34,36)/t22-,25-/m0/s1. The lowest BCUT2D eigenvalue weighted by Gasteiger charge is -2.27.